The van der Waals surface area contributed by atoms with Crippen LogP contribution < -0.4 is 0 Å². The Kier molecular flexibility index (Phi) is 3.24. The molecule has 0 bridgehead atoms. The quantitative estimate of drug-likeness (QED) is 0.574. The summed E-state index contributed by atoms with van der Waals surface area (Å²) in [5.41, 5.74) is -1.86. The van der Waals surface area contributed by atoms with Crippen LogP contribution in [0.2, 0.25) is 0 Å². The zero-order valence-corrected chi connectivity index (χ0v) is 9.75. The molecule has 0 spiro atoms. The van der Waals surface area contributed by atoms with Gasteiger partial charge in [-0.1, -0.05) is 6.08 Å². The molecule has 1 fully saturated rings. The molecule has 15 heavy (non-hydrogen) atoms. The Morgan fingerprint density at radius 3 is 2.67 bits per heavy atom. The smallest absolute Gasteiger partial charge is 0.314 e. The average Bonchev–Trinajstić information content (AvgIpc) is 2.40. The molecule has 3 heteroatoms. The van der Waals surface area contributed by atoms with Crippen molar-refractivity contribution >= 4 is 5.97 Å². The molecule has 0 aromatic rings. The predicted octanol–water partition coefficient (Wildman–Crippen LogP) is 1.90. The average molecular weight is 212 g/mol. The lowest BCUT2D eigenvalue weighted by molar-refractivity contribution is -0.169. The van der Waals surface area contributed by atoms with Gasteiger partial charge in [0, 0.05) is 5.92 Å². The Morgan fingerprint density at radius 2 is 2.27 bits per heavy atom. The van der Waals surface area contributed by atoms with Crippen LogP contribution in [0.1, 0.15) is 33.6 Å². The second-order valence-electron chi connectivity index (χ2n) is 4.58. The number of hydrogen-bond acceptors (Lipinski definition) is 3. The Hall–Kier alpha value is -0.830. The highest BCUT2D eigenvalue weighted by Crippen LogP contribution is 2.50. The molecule has 0 unspecified atom stereocenters. The van der Waals surface area contributed by atoms with Crippen molar-refractivity contribution in [3.05, 3.63) is 12.7 Å². The fourth-order valence-corrected chi connectivity index (χ4v) is 2.33. The molecule has 0 aliphatic heterocycles. The summed E-state index contributed by atoms with van der Waals surface area (Å²) in [5.74, 6) is -0.341. The summed E-state index contributed by atoms with van der Waals surface area (Å²) in [6.07, 6.45) is 3.16. The Labute approximate surface area is 91.1 Å². The van der Waals surface area contributed by atoms with Crippen LogP contribution in [0.15, 0.2) is 12.7 Å². The van der Waals surface area contributed by atoms with Gasteiger partial charge in [-0.15, -0.1) is 6.58 Å². The summed E-state index contributed by atoms with van der Waals surface area (Å²) in [6, 6.07) is 0. The van der Waals surface area contributed by atoms with Crippen molar-refractivity contribution in [1.82, 2.24) is 0 Å². The number of carbonyl (C=O) groups excluding carboxylic acids is 1. The molecule has 1 rings (SSSR count). The molecular weight excluding hydrogens is 192 g/mol. The second-order valence-corrected chi connectivity index (χ2v) is 4.58. The van der Waals surface area contributed by atoms with Crippen LogP contribution in [0.4, 0.5) is 0 Å². The maximum Gasteiger partial charge on any atom is 0.314 e. The van der Waals surface area contributed by atoms with Crippen LogP contribution in [-0.2, 0) is 9.53 Å². The van der Waals surface area contributed by atoms with E-state index in [1.807, 2.05) is 0 Å². The van der Waals surface area contributed by atoms with Gasteiger partial charge in [0.15, 0.2) is 0 Å². The Morgan fingerprint density at radius 1 is 1.67 bits per heavy atom. The van der Waals surface area contributed by atoms with E-state index in [1.165, 1.54) is 0 Å². The van der Waals surface area contributed by atoms with E-state index >= 15 is 0 Å². The zero-order chi connectivity index (χ0) is 11.7. The van der Waals surface area contributed by atoms with Gasteiger partial charge in [-0.05, 0) is 33.6 Å². The van der Waals surface area contributed by atoms with Gasteiger partial charge in [-0.3, -0.25) is 4.79 Å². The zero-order valence-electron chi connectivity index (χ0n) is 9.75. The van der Waals surface area contributed by atoms with Crippen molar-refractivity contribution in [1.29, 1.82) is 0 Å². The first-order chi connectivity index (χ1) is 6.90. The van der Waals surface area contributed by atoms with Crippen LogP contribution >= 0.6 is 0 Å². The first kappa shape index (κ1) is 12.2. The monoisotopic (exact) mass is 212 g/mol. The highest BCUT2D eigenvalue weighted by molar-refractivity contribution is 5.78. The molecule has 1 saturated carbocycles. The number of esters is 1. The molecule has 0 aromatic heterocycles. The second kappa shape index (κ2) is 3.97. The van der Waals surface area contributed by atoms with Gasteiger partial charge in [0.1, 0.15) is 0 Å². The van der Waals surface area contributed by atoms with Crippen LogP contribution in [0, 0.1) is 11.3 Å². The third kappa shape index (κ3) is 1.69. The number of rotatable bonds is 3. The lowest BCUT2D eigenvalue weighted by atomic mass is 9.74. The summed E-state index contributed by atoms with van der Waals surface area (Å²) in [5, 5.41) is 10.4. The fraction of sp³-hybridized carbons (Fsp3) is 0.750. The van der Waals surface area contributed by atoms with Crippen LogP contribution in [0.25, 0.3) is 0 Å². The Balaban J connectivity index is 2.95. The minimum absolute atomic E-state index is 0.0353. The standard InChI is InChI=1S/C12H20O3/c1-5-9-7-8-11(3,12(9,4)14)10(13)15-6-2/h5,9,14H,1,6-8H2,2-4H3/t9-,11-,12-/m0/s1. The van der Waals surface area contributed by atoms with Crippen molar-refractivity contribution in [2.75, 3.05) is 6.61 Å². The van der Waals surface area contributed by atoms with Gasteiger partial charge in [-0.2, -0.15) is 0 Å². The molecule has 1 aliphatic carbocycles. The molecule has 0 radical (unpaired) electrons. The summed E-state index contributed by atoms with van der Waals surface area (Å²) in [7, 11) is 0. The molecule has 86 valence electrons. The van der Waals surface area contributed by atoms with Gasteiger partial charge >= 0.3 is 5.97 Å². The van der Waals surface area contributed by atoms with E-state index < -0.39 is 11.0 Å². The van der Waals surface area contributed by atoms with Crippen LogP contribution in [-0.4, -0.2) is 23.3 Å². The van der Waals surface area contributed by atoms with E-state index in [0.29, 0.717) is 13.0 Å². The van der Waals surface area contributed by atoms with Gasteiger partial charge in [0.05, 0.1) is 17.6 Å². The molecule has 3 nitrogen and oxygen atoms in total. The maximum atomic E-state index is 11.8. The van der Waals surface area contributed by atoms with Crippen LogP contribution in [0.5, 0.6) is 0 Å². The summed E-state index contributed by atoms with van der Waals surface area (Å²) < 4.78 is 5.02. The normalized spacial score (nSPS) is 40.1. The van der Waals surface area contributed by atoms with E-state index in [1.54, 1.807) is 26.8 Å². The topological polar surface area (TPSA) is 46.5 Å². The lowest BCUT2D eigenvalue weighted by Crippen LogP contribution is -2.49. The summed E-state index contributed by atoms with van der Waals surface area (Å²) in [4.78, 5) is 11.8. The van der Waals surface area contributed by atoms with Crippen molar-refractivity contribution in [3.8, 4) is 0 Å². The molecule has 1 aliphatic rings. The third-order valence-corrected chi connectivity index (χ3v) is 3.80. The molecule has 0 heterocycles. The SMILES string of the molecule is C=C[C@H]1CC[C@@](C)(C(=O)OCC)[C@@]1(C)O. The molecule has 0 aromatic carbocycles. The van der Waals surface area contributed by atoms with Crippen molar-refractivity contribution < 1.29 is 14.6 Å². The maximum absolute atomic E-state index is 11.8. The first-order valence-electron chi connectivity index (χ1n) is 5.42. The summed E-state index contributed by atoms with van der Waals surface area (Å²) >= 11 is 0. The largest absolute Gasteiger partial charge is 0.465 e. The highest BCUT2D eigenvalue weighted by atomic mass is 16.5. The molecule has 1 N–H and O–H groups in total. The Bertz CT molecular complexity index is 270. The summed E-state index contributed by atoms with van der Waals surface area (Å²) in [6.45, 7) is 9.29. The van der Waals surface area contributed by atoms with Gasteiger partial charge in [0.25, 0.3) is 0 Å². The number of ether oxygens (including phenoxy) is 1. The van der Waals surface area contributed by atoms with E-state index in [2.05, 4.69) is 6.58 Å². The van der Waals surface area contributed by atoms with Gasteiger partial charge in [-0.25, -0.2) is 0 Å². The van der Waals surface area contributed by atoms with Crippen LogP contribution in [0.3, 0.4) is 0 Å². The number of hydrogen-bond donors (Lipinski definition) is 1. The fourth-order valence-electron chi connectivity index (χ4n) is 2.33. The first-order valence-corrected chi connectivity index (χ1v) is 5.42. The third-order valence-electron chi connectivity index (χ3n) is 3.80. The molecular formula is C12H20O3. The minimum Gasteiger partial charge on any atom is -0.465 e. The molecule has 0 saturated heterocycles. The van der Waals surface area contributed by atoms with E-state index in [4.69, 9.17) is 4.74 Å². The van der Waals surface area contributed by atoms with Crippen molar-refractivity contribution in [3.63, 3.8) is 0 Å². The van der Waals surface area contributed by atoms with Crippen molar-refractivity contribution in [2.24, 2.45) is 11.3 Å². The molecule has 0 amide bonds. The van der Waals surface area contributed by atoms with E-state index in [0.717, 1.165) is 6.42 Å². The lowest BCUT2D eigenvalue weighted by Gasteiger charge is -2.37. The number of aliphatic hydroxyl groups is 1. The highest BCUT2D eigenvalue weighted by Gasteiger charge is 2.57. The van der Waals surface area contributed by atoms with Gasteiger partial charge in [0.2, 0.25) is 0 Å². The van der Waals surface area contributed by atoms with Crippen molar-refractivity contribution in [2.45, 2.75) is 39.2 Å². The minimum atomic E-state index is -1.05. The molecule has 3 atom stereocenters. The van der Waals surface area contributed by atoms with E-state index in [9.17, 15) is 9.90 Å². The van der Waals surface area contributed by atoms with E-state index in [-0.39, 0.29) is 11.9 Å². The number of carbonyl (C=O) groups is 1. The predicted molar refractivity (Wildman–Crippen MR) is 58.3 cm³/mol. The van der Waals surface area contributed by atoms with Gasteiger partial charge < -0.3 is 9.84 Å².